The number of benzene rings is 4. The molecule has 1 aromatic heterocycles. The number of carbonyl (C=O) groups is 3. The van der Waals surface area contributed by atoms with Crippen LogP contribution in [0.5, 0.6) is 11.5 Å². The van der Waals surface area contributed by atoms with E-state index >= 15 is 0 Å². The lowest BCUT2D eigenvalue weighted by molar-refractivity contribution is -0.115. The van der Waals surface area contributed by atoms with Gasteiger partial charge in [0.15, 0.2) is 5.13 Å². The Balaban J connectivity index is 1.28. The van der Waals surface area contributed by atoms with Crippen LogP contribution in [0, 0.1) is 6.92 Å². The summed E-state index contributed by atoms with van der Waals surface area (Å²) >= 11 is 2.83. The van der Waals surface area contributed by atoms with Gasteiger partial charge in [-0.3, -0.25) is 14.4 Å². The van der Waals surface area contributed by atoms with Gasteiger partial charge in [-0.15, -0.1) is 11.8 Å². The summed E-state index contributed by atoms with van der Waals surface area (Å²) in [7, 11) is 3.06. The van der Waals surface area contributed by atoms with Crippen LogP contribution < -0.4 is 25.4 Å². The maximum atomic E-state index is 13.5. The maximum absolute atomic E-state index is 13.5. The van der Waals surface area contributed by atoms with Crippen molar-refractivity contribution in [3.8, 4) is 11.5 Å². The molecule has 1 unspecified atom stereocenters. The highest BCUT2D eigenvalue weighted by atomic mass is 32.2. The lowest BCUT2D eigenvalue weighted by atomic mass is 10.1. The first-order valence-electron chi connectivity index (χ1n) is 14.3. The van der Waals surface area contributed by atoms with Crippen LogP contribution in [0.3, 0.4) is 0 Å². The van der Waals surface area contributed by atoms with Crippen molar-refractivity contribution >= 4 is 67.9 Å². The number of methoxy groups -OCH3 is 2. The number of carbonyl (C=O) groups excluding carboxylic acids is 3. The van der Waals surface area contributed by atoms with E-state index in [1.165, 1.54) is 36.3 Å². The molecule has 0 saturated carbocycles. The fraction of sp³-hybridized carbons (Fsp3) is 0.143. The second kappa shape index (κ2) is 14.8. The van der Waals surface area contributed by atoms with E-state index in [-0.39, 0.29) is 11.6 Å². The van der Waals surface area contributed by atoms with Crippen LogP contribution in [0.25, 0.3) is 16.3 Å². The standard InChI is InChI=1S/C35H32N4O5S2/c1-21-10-16-28-31(18-21)46-35(38-28)39-32(40)22(2)45-27-14-11-25(12-15-27)36-34(42)29(37-33(41)23-8-6-5-7-9-23)20-24-19-26(43-3)13-17-30(24)44-4/h5-20,22H,1-4H3,(H,36,42)(H,37,41)(H,38,39,40)/b29-20-. The molecule has 234 valence electrons. The molecule has 5 rings (SSSR count). The summed E-state index contributed by atoms with van der Waals surface area (Å²) in [6.07, 6.45) is 1.54. The number of nitrogens with one attached hydrogen (secondary N) is 3. The molecule has 0 aliphatic rings. The maximum Gasteiger partial charge on any atom is 0.272 e. The van der Waals surface area contributed by atoms with Crippen molar-refractivity contribution < 1.29 is 23.9 Å². The van der Waals surface area contributed by atoms with Gasteiger partial charge in [-0.05, 0) is 92.2 Å². The molecule has 5 aromatic rings. The second-order valence-corrected chi connectivity index (χ2v) is 12.6. The molecule has 1 atom stereocenters. The molecule has 0 fully saturated rings. The van der Waals surface area contributed by atoms with Gasteiger partial charge in [-0.2, -0.15) is 0 Å². The zero-order valence-corrected chi connectivity index (χ0v) is 27.3. The summed E-state index contributed by atoms with van der Waals surface area (Å²) in [5, 5.41) is 8.66. The van der Waals surface area contributed by atoms with Crippen molar-refractivity contribution in [2.24, 2.45) is 0 Å². The molecule has 9 nitrogen and oxygen atoms in total. The fourth-order valence-electron chi connectivity index (χ4n) is 4.42. The number of thiazole rings is 1. The Labute approximate surface area is 275 Å². The molecule has 0 spiro atoms. The molecule has 4 aromatic carbocycles. The Bertz CT molecular complexity index is 1910. The van der Waals surface area contributed by atoms with Gasteiger partial charge in [0.2, 0.25) is 5.91 Å². The van der Waals surface area contributed by atoms with Crippen LogP contribution in [0.15, 0.2) is 102 Å². The minimum Gasteiger partial charge on any atom is -0.497 e. The first-order valence-corrected chi connectivity index (χ1v) is 16.0. The molecule has 0 saturated heterocycles. The first kappa shape index (κ1) is 32.3. The number of aryl methyl sites for hydroxylation is 1. The normalized spacial score (nSPS) is 11.9. The lowest BCUT2D eigenvalue weighted by Gasteiger charge is -2.14. The van der Waals surface area contributed by atoms with Crippen molar-refractivity contribution in [2.45, 2.75) is 24.0 Å². The van der Waals surface area contributed by atoms with Gasteiger partial charge in [0.05, 0.1) is 29.7 Å². The highest BCUT2D eigenvalue weighted by Crippen LogP contribution is 2.30. The number of nitrogens with zero attached hydrogens (tertiary/aromatic N) is 1. The Kier molecular flexibility index (Phi) is 10.4. The molecule has 3 N–H and O–H groups in total. The Morgan fingerprint density at radius 3 is 2.37 bits per heavy atom. The van der Waals surface area contributed by atoms with Crippen molar-refractivity contribution in [3.63, 3.8) is 0 Å². The minimum absolute atomic E-state index is 0.00848. The van der Waals surface area contributed by atoms with Gasteiger partial charge in [0.25, 0.3) is 11.8 Å². The number of amides is 3. The molecule has 0 bridgehead atoms. The summed E-state index contributed by atoms with van der Waals surface area (Å²) < 4.78 is 11.8. The molecular weight excluding hydrogens is 621 g/mol. The number of aromatic nitrogens is 1. The van der Waals surface area contributed by atoms with Crippen molar-refractivity contribution in [1.82, 2.24) is 10.3 Å². The average Bonchev–Trinajstić information content (AvgIpc) is 3.46. The van der Waals surface area contributed by atoms with E-state index in [9.17, 15) is 14.4 Å². The summed E-state index contributed by atoms with van der Waals surface area (Å²) in [6, 6.07) is 26.9. The van der Waals surface area contributed by atoms with Crippen LogP contribution in [-0.2, 0) is 9.59 Å². The third kappa shape index (κ3) is 8.12. The Hall–Kier alpha value is -5.13. The van der Waals surface area contributed by atoms with Crippen LogP contribution in [-0.4, -0.2) is 42.2 Å². The van der Waals surface area contributed by atoms with E-state index < -0.39 is 17.1 Å². The van der Waals surface area contributed by atoms with Crippen LogP contribution in [0.4, 0.5) is 10.8 Å². The van der Waals surface area contributed by atoms with Gasteiger partial charge in [0, 0.05) is 21.7 Å². The molecule has 11 heteroatoms. The number of rotatable bonds is 11. The molecular formula is C35H32N4O5S2. The topological polar surface area (TPSA) is 119 Å². The first-order chi connectivity index (χ1) is 22.2. The summed E-state index contributed by atoms with van der Waals surface area (Å²) in [5.74, 6) is -0.0718. The number of anilines is 2. The van der Waals surface area contributed by atoms with E-state index in [1.807, 2.05) is 44.2 Å². The van der Waals surface area contributed by atoms with E-state index in [0.717, 1.165) is 20.7 Å². The largest absolute Gasteiger partial charge is 0.497 e. The number of ether oxygens (including phenoxy) is 2. The summed E-state index contributed by atoms with van der Waals surface area (Å²) in [6.45, 7) is 3.85. The SMILES string of the molecule is COc1ccc(OC)c(/C=C(\NC(=O)c2ccccc2)C(=O)Nc2ccc(SC(C)C(=O)Nc3nc4ccc(C)cc4s3)cc2)c1. The number of hydrogen-bond acceptors (Lipinski definition) is 8. The van der Waals surface area contributed by atoms with Gasteiger partial charge in [-0.25, -0.2) is 4.98 Å². The van der Waals surface area contributed by atoms with Gasteiger partial charge in [-0.1, -0.05) is 35.6 Å². The van der Waals surface area contributed by atoms with E-state index in [2.05, 4.69) is 20.9 Å². The van der Waals surface area contributed by atoms with E-state index in [0.29, 0.717) is 33.4 Å². The van der Waals surface area contributed by atoms with Crippen LogP contribution >= 0.6 is 23.1 Å². The number of hydrogen-bond donors (Lipinski definition) is 3. The fourth-order valence-corrected chi connectivity index (χ4v) is 6.25. The summed E-state index contributed by atoms with van der Waals surface area (Å²) in [5.41, 5.74) is 3.45. The molecule has 46 heavy (non-hydrogen) atoms. The number of thioether (sulfide) groups is 1. The molecule has 1 heterocycles. The van der Waals surface area contributed by atoms with Crippen LogP contribution in [0.2, 0.25) is 0 Å². The quantitative estimate of drug-likeness (QED) is 0.102. The zero-order valence-electron chi connectivity index (χ0n) is 25.6. The van der Waals surface area contributed by atoms with Crippen molar-refractivity contribution in [2.75, 3.05) is 24.9 Å². The second-order valence-electron chi connectivity index (χ2n) is 10.2. The monoisotopic (exact) mass is 652 g/mol. The zero-order chi connectivity index (χ0) is 32.6. The highest BCUT2D eigenvalue weighted by molar-refractivity contribution is 8.00. The third-order valence-corrected chi connectivity index (χ3v) is 8.88. The smallest absolute Gasteiger partial charge is 0.272 e. The van der Waals surface area contributed by atoms with E-state index in [1.54, 1.807) is 67.8 Å². The van der Waals surface area contributed by atoms with Crippen molar-refractivity contribution in [3.05, 3.63) is 113 Å². The lowest BCUT2D eigenvalue weighted by Crippen LogP contribution is -2.30. The molecule has 0 aliphatic carbocycles. The average molecular weight is 653 g/mol. The third-order valence-electron chi connectivity index (χ3n) is 6.83. The van der Waals surface area contributed by atoms with Crippen molar-refractivity contribution in [1.29, 1.82) is 0 Å². The molecule has 0 aliphatic heterocycles. The molecule has 0 radical (unpaired) electrons. The predicted octanol–water partition coefficient (Wildman–Crippen LogP) is 7.15. The Morgan fingerprint density at radius 2 is 1.65 bits per heavy atom. The van der Waals surface area contributed by atoms with E-state index in [4.69, 9.17) is 9.47 Å². The predicted molar refractivity (Wildman–Crippen MR) is 185 cm³/mol. The minimum atomic E-state index is -0.534. The summed E-state index contributed by atoms with van der Waals surface area (Å²) in [4.78, 5) is 44.8. The van der Waals surface area contributed by atoms with Gasteiger partial charge >= 0.3 is 0 Å². The molecule has 3 amide bonds. The number of fused-ring (bicyclic) bond motifs is 1. The van der Waals surface area contributed by atoms with Crippen LogP contribution in [0.1, 0.15) is 28.4 Å². The van der Waals surface area contributed by atoms with Gasteiger partial charge in [0.1, 0.15) is 17.2 Å². The highest BCUT2D eigenvalue weighted by Gasteiger charge is 2.19. The van der Waals surface area contributed by atoms with Gasteiger partial charge < -0.3 is 25.4 Å². The Morgan fingerprint density at radius 1 is 0.891 bits per heavy atom.